The number of benzene rings is 1. The maximum Gasteiger partial charge on any atom is 0.258 e. The first-order valence-electron chi connectivity index (χ1n) is 10.1. The Labute approximate surface area is 184 Å². The van der Waals surface area contributed by atoms with Crippen molar-refractivity contribution in [3.63, 3.8) is 0 Å². The molecule has 0 aliphatic heterocycles. The zero-order valence-corrected chi connectivity index (χ0v) is 17.8. The highest BCUT2D eigenvalue weighted by Crippen LogP contribution is 2.35. The SMILES string of the molecule is O=C(Nc1ccnc(NC(=O)[C@@H]2C[C@@H]2F)c1)c1c(Cl)cc(CCCC2CC2)cc1Cl. The van der Waals surface area contributed by atoms with Crippen LogP contribution in [0, 0.1) is 11.8 Å². The number of aryl methyl sites for hydroxylation is 1. The fourth-order valence-corrected chi connectivity index (χ4v) is 4.12. The van der Waals surface area contributed by atoms with Crippen LogP contribution >= 0.6 is 23.2 Å². The van der Waals surface area contributed by atoms with Crippen molar-refractivity contribution in [3.8, 4) is 0 Å². The number of halogens is 3. The highest BCUT2D eigenvalue weighted by Gasteiger charge is 2.43. The highest BCUT2D eigenvalue weighted by atomic mass is 35.5. The number of rotatable bonds is 8. The number of carbonyl (C=O) groups is 2. The quantitative estimate of drug-likeness (QED) is 0.545. The molecule has 2 aromatic rings. The van der Waals surface area contributed by atoms with Gasteiger partial charge < -0.3 is 10.6 Å². The average Bonchev–Trinajstić information content (AvgIpc) is 3.59. The summed E-state index contributed by atoms with van der Waals surface area (Å²) in [4.78, 5) is 28.6. The zero-order valence-electron chi connectivity index (χ0n) is 16.3. The first-order valence-corrected chi connectivity index (χ1v) is 10.9. The normalized spacial score (nSPS) is 20.0. The maximum atomic E-state index is 13.0. The van der Waals surface area contributed by atoms with Crippen molar-refractivity contribution in [1.82, 2.24) is 4.98 Å². The molecule has 2 fully saturated rings. The minimum atomic E-state index is -1.09. The van der Waals surface area contributed by atoms with Gasteiger partial charge in [0.1, 0.15) is 12.0 Å². The molecule has 2 aliphatic rings. The summed E-state index contributed by atoms with van der Waals surface area (Å²) in [6, 6.07) is 6.66. The minimum Gasteiger partial charge on any atom is -0.322 e. The predicted molar refractivity (Wildman–Crippen MR) is 116 cm³/mol. The summed E-state index contributed by atoms with van der Waals surface area (Å²) in [5, 5.41) is 5.87. The number of hydrogen-bond donors (Lipinski definition) is 2. The number of alkyl halides is 1. The molecule has 8 heteroatoms. The van der Waals surface area contributed by atoms with E-state index in [4.69, 9.17) is 23.2 Å². The van der Waals surface area contributed by atoms with Gasteiger partial charge >= 0.3 is 0 Å². The van der Waals surface area contributed by atoms with Crippen LogP contribution in [0.5, 0.6) is 0 Å². The number of amides is 2. The zero-order chi connectivity index (χ0) is 21.3. The van der Waals surface area contributed by atoms with Crippen LogP contribution in [0.1, 0.15) is 48.0 Å². The van der Waals surface area contributed by atoms with Crippen molar-refractivity contribution in [2.75, 3.05) is 10.6 Å². The topological polar surface area (TPSA) is 71.1 Å². The standard InChI is InChI=1S/C22H22Cl2FN3O2/c23-16-8-13(3-1-2-12-4-5-12)9-17(24)20(16)22(30)27-14-6-7-26-19(10-14)28-21(29)15-11-18(15)25/h6-10,12,15,18H,1-5,11H2,(H2,26,27,28,29,30)/t15-,18+/m1/s1. The van der Waals surface area contributed by atoms with Gasteiger partial charge in [0.25, 0.3) is 5.91 Å². The van der Waals surface area contributed by atoms with Gasteiger partial charge in [-0.15, -0.1) is 0 Å². The van der Waals surface area contributed by atoms with E-state index in [0.29, 0.717) is 15.7 Å². The Kier molecular flexibility index (Phi) is 6.25. The molecule has 2 amide bonds. The molecule has 0 saturated heterocycles. The van der Waals surface area contributed by atoms with Gasteiger partial charge in [0.2, 0.25) is 5.91 Å². The van der Waals surface area contributed by atoms with E-state index in [1.807, 2.05) is 0 Å². The second-order valence-corrected chi connectivity index (χ2v) is 8.82. The molecule has 0 bridgehead atoms. The molecule has 1 aromatic carbocycles. The summed E-state index contributed by atoms with van der Waals surface area (Å²) < 4.78 is 13.0. The summed E-state index contributed by atoms with van der Waals surface area (Å²) in [5.41, 5.74) is 1.63. The number of anilines is 2. The Morgan fingerprint density at radius 2 is 1.83 bits per heavy atom. The van der Waals surface area contributed by atoms with Crippen molar-refractivity contribution < 1.29 is 14.0 Å². The van der Waals surface area contributed by atoms with Gasteiger partial charge in [-0.1, -0.05) is 42.5 Å². The molecule has 1 heterocycles. The van der Waals surface area contributed by atoms with Crippen molar-refractivity contribution >= 4 is 46.5 Å². The van der Waals surface area contributed by atoms with E-state index < -0.39 is 23.9 Å². The third-order valence-corrected chi connectivity index (χ3v) is 6.02. The van der Waals surface area contributed by atoms with Crippen LogP contribution < -0.4 is 10.6 Å². The second kappa shape index (κ2) is 8.90. The first kappa shape index (κ1) is 21.1. The van der Waals surface area contributed by atoms with Crippen LogP contribution in [0.3, 0.4) is 0 Å². The molecular formula is C22H22Cl2FN3O2. The van der Waals surface area contributed by atoms with Gasteiger partial charge in [0.05, 0.1) is 21.5 Å². The largest absolute Gasteiger partial charge is 0.322 e. The number of nitrogens with one attached hydrogen (secondary N) is 2. The van der Waals surface area contributed by atoms with Gasteiger partial charge in [-0.25, -0.2) is 9.37 Å². The van der Waals surface area contributed by atoms with E-state index in [1.54, 1.807) is 18.2 Å². The first-order chi connectivity index (χ1) is 14.4. The number of nitrogens with zero attached hydrogens (tertiary/aromatic N) is 1. The molecule has 2 N–H and O–H groups in total. The smallest absolute Gasteiger partial charge is 0.258 e. The lowest BCUT2D eigenvalue weighted by Crippen LogP contribution is -2.17. The number of pyridine rings is 1. The molecule has 0 spiro atoms. The third-order valence-electron chi connectivity index (χ3n) is 5.42. The van der Waals surface area contributed by atoms with E-state index in [0.717, 1.165) is 24.3 Å². The Morgan fingerprint density at radius 3 is 2.47 bits per heavy atom. The van der Waals surface area contributed by atoms with Crippen molar-refractivity contribution in [2.45, 2.75) is 44.7 Å². The van der Waals surface area contributed by atoms with Gasteiger partial charge in [0.15, 0.2) is 0 Å². The summed E-state index contributed by atoms with van der Waals surface area (Å²) >= 11 is 12.7. The molecule has 30 heavy (non-hydrogen) atoms. The lowest BCUT2D eigenvalue weighted by Gasteiger charge is -2.12. The van der Waals surface area contributed by atoms with E-state index in [2.05, 4.69) is 15.6 Å². The predicted octanol–water partition coefficient (Wildman–Crippen LogP) is 5.67. The lowest BCUT2D eigenvalue weighted by atomic mass is 10.0. The van der Waals surface area contributed by atoms with Crippen molar-refractivity contribution in [2.24, 2.45) is 11.8 Å². The maximum absolute atomic E-state index is 13.0. The fraction of sp³-hybridized carbons (Fsp3) is 0.409. The molecular weight excluding hydrogens is 428 g/mol. The molecule has 158 valence electrons. The molecule has 5 nitrogen and oxygen atoms in total. The molecule has 4 rings (SSSR count). The van der Waals surface area contributed by atoms with Crippen molar-refractivity contribution in [3.05, 3.63) is 51.6 Å². The van der Waals surface area contributed by atoms with E-state index >= 15 is 0 Å². The lowest BCUT2D eigenvalue weighted by molar-refractivity contribution is -0.117. The van der Waals surface area contributed by atoms with Crippen LogP contribution in [0.25, 0.3) is 0 Å². The summed E-state index contributed by atoms with van der Waals surface area (Å²) in [7, 11) is 0. The third kappa shape index (κ3) is 5.29. The van der Waals surface area contributed by atoms with Gasteiger partial charge in [-0.2, -0.15) is 0 Å². The molecule has 0 unspecified atom stereocenters. The number of hydrogen-bond acceptors (Lipinski definition) is 3. The van der Waals surface area contributed by atoms with Gasteiger partial charge in [-0.3, -0.25) is 9.59 Å². The van der Waals surface area contributed by atoms with Crippen LogP contribution in [0.15, 0.2) is 30.5 Å². The van der Waals surface area contributed by atoms with E-state index in [9.17, 15) is 14.0 Å². The summed E-state index contributed by atoms with van der Waals surface area (Å²) in [5.74, 6) is -0.380. The Morgan fingerprint density at radius 1 is 1.13 bits per heavy atom. The molecule has 2 aliphatic carbocycles. The van der Waals surface area contributed by atoms with Crippen LogP contribution in [0.4, 0.5) is 15.9 Å². The number of carbonyl (C=O) groups excluding carboxylic acids is 2. The minimum absolute atomic E-state index is 0.199. The van der Waals surface area contributed by atoms with Crippen molar-refractivity contribution in [1.29, 1.82) is 0 Å². The Hall–Kier alpha value is -2.18. The van der Waals surface area contributed by atoms with E-state index in [1.165, 1.54) is 31.5 Å². The average molecular weight is 450 g/mol. The molecule has 1 aromatic heterocycles. The molecule has 2 atom stereocenters. The molecule has 2 saturated carbocycles. The van der Waals surface area contributed by atoms with Gasteiger partial charge in [0, 0.05) is 18.0 Å². The highest BCUT2D eigenvalue weighted by molar-refractivity contribution is 6.40. The van der Waals surface area contributed by atoms with Crippen LogP contribution in [0.2, 0.25) is 10.0 Å². The molecule has 0 radical (unpaired) electrons. The Bertz CT molecular complexity index is 958. The second-order valence-electron chi connectivity index (χ2n) is 8.00. The van der Waals surface area contributed by atoms with Crippen LogP contribution in [-0.2, 0) is 11.2 Å². The number of aromatic nitrogens is 1. The summed E-state index contributed by atoms with van der Waals surface area (Å²) in [6.45, 7) is 0. The van der Waals surface area contributed by atoms with Gasteiger partial charge in [-0.05, 0) is 48.9 Å². The Balaban J connectivity index is 1.40. The van der Waals surface area contributed by atoms with E-state index in [-0.39, 0.29) is 17.8 Å². The monoisotopic (exact) mass is 449 g/mol. The van der Waals surface area contributed by atoms with Crippen LogP contribution in [-0.4, -0.2) is 23.0 Å². The fourth-order valence-electron chi connectivity index (χ4n) is 3.41. The summed E-state index contributed by atoms with van der Waals surface area (Å²) in [6.07, 6.45) is 6.42.